The van der Waals surface area contributed by atoms with Crippen LogP contribution in [0, 0.1) is 5.92 Å². The van der Waals surface area contributed by atoms with E-state index in [1.54, 1.807) is 7.11 Å². The van der Waals surface area contributed by atoms with E-state index in [1.165, 1.54) is 0 Å². The molecular formula is C14H18Cl2O. The Kier molecular flexibility index (Phi) is 5.87. The van der Waals surface area contributed by atoms with E-state index in [2.05, 4.69) is 26.0 Å². The number of allylic oxidation sites excluding steroid dienone is 2. The molecule has 0 saturated carbocycles. The summed E-state index contributed by atoms with van der Waals surface area (Å²) in [6, 6.07) is 3.84. The molecule has 0 N–H and O–H groups in total. The van der Waals surface area contributed by atoms with Crippen LogP contribution in [0.4, 0.5) is 0 Å². The summed E-state index contributed by atoms with van der Waals surface area (Å²) in [5, 5.41) is 1.14. The van der Waals surface area contributed by atoms with Gasteiger partial charge in [-0.15, -0.1) is 0 Å². The summed E-state index contributed by atoms with van der Waals surface area (Å²) in [6.07, 6.45) is 6.39. The summed E-state index contributed by atoms with van der Waals surface area (Å²) in [4.78, 5) is 0. The summed E-state index contributed by atoms with van der Waals surface area (Å²) < 4.78 is 5.12. The molecule has 1 nitrogen and oxygen atoms in total. The molecule has 0 heterocycles. The van der Waals surface area contributed by atoms with Crippen LogP contribution in [-0.2, 0) is 6.42 Å². The van der Waals surface area contributed by atoms with E-state index in [0.29, 0.717) is 21.7 Å². The Balaban J connectivity index is 2.83. The van der Waals surface area contributed by atoms with Gasteiger partial charge >= 0.3 is 0 Å². The van der Waals surface area contributed by atoms with Gasteiger partial charge in [0.25, 0.3) is 0 Å². The fourth-order valence-corrected chi connectivity index (χ4v) is 2.42. The Morgan fingerprint density at radius 2 is 1.88 bits per heavy atom. The van der Waals surface area contributed by atoms with Crippen molar-refractivity contribution >= 4 is 23.2 Å². The third kappa shape index (κ3) is 4.25. The van der Waals surface area contributed by atoms with Crippen LogP contribution < -0.4 is 4.74 Å². The van der Waals surface area contributed by atoms with Crippen LogP contribution in [0.1, 0.15) is 25.8 Å². The zero-order valence-electron chi connectivity index (χ0n) is 10.5. The van der Waals surface area contributed by atoms with Crippen LogP contribution in [-0.4, -0.2) is 7.11 Å². The first-order chi connectivity index (χ1) is 8.08. The Labute approximate surface area is 113 Å². The van der Waals surface area contributed by atoms with E-state index in [-0.39, 0.29) is 0 Å². The maximum Gasteiger partial charge on any atom is 0.156 e. The third-order valence-electron chi connectivity index (χ3n) is 2.52. The van der Waals surface area contributed by atoms with Crippen molar-refractivity contribution in [2.45, 2.75) is 26.7 Å². The molecule has 0 aliphatic rings. The van der Waals surface area contributed by atoms with Crippen molar-refractivity contribution in [3.8, 4) is 5.75 Å². The molecule has 1 atom stereocenters. The Morgan fingerprint density at radius 1 is 1.29 bits per heavy atom. The molecule has 1 rings (SSSR count). The number of ether oxygens (including phenoxy) is 1. The van der Waals surface area contributed by atoms with Gasteiger partial charge in [-0.25, -0.2) is 0 Å². The monoisotopic (exact) mass is 272 g/mol. The van der Waals surface area contributed by atoms with E-state index >= 15 is 0 Å². The van der Waals surface area contributed by atoms with Crippen LogP contribution in [0.2, 0.25) is 10.0 Å². The van der Waals surface area contributed by atoms with Crippen LogP contribution >= 0.6 is 23.2 Å². The highest BCUT2D eigenvalue weighted by Gasteiger charge is 2.09. The second-order valence-electron chi connectivity index (χ2n) is 4.11. The first-order valence-corrected chi connectivity index (χ1v) is 6.52. The molecule has 3 heteroatoms. The van der Waals surface area contributed by atoms with Crippen molar-refractivity contribution in [2.75, 3.05) is 7.11 Å². The number of hydrogen-bond acceptors (Lipinski definition) is 1. The zero-order chi connectivity index (χ0) is 12.8. The molecule has 0 spiro atoms. The highest BCUT2D eigenvalue weighted by atomic mass is 35.5. The lowest BCUT2D eigenvalue weighted by Gasteiger charge is -2.11. The highest BCUT2D eigenvalue weighted by Crippen LogP contribution is 2.34. The van der Waals surface area contributed by atoms with E-state index in [1.807, 2.05) is 12.1 Å². The molecule has 0 amide bonds. The Hall–Kier alpha value is -0.660. The second kappa shape index (κ2) is 6.93. The third-order valence-corrected chi connectivity index (χ3v) is 3.08. The van der Waals surface area contributed by atoms with Gasteiger partial charge in [0.15, 0.2) is 5.75 Å². The molecule has 0 radical (unpaired) electrons. The van der Waals surface area contributed by atoms with Gasteiger partial charge in [0.2, 0.25) is 0 Å². The van der Waals surface area contributed by atoms with Gasteiger partial charge in [0.1, 0.15) is 0 Å². The normalized spacial score (nSPS) is 13.0. The van der Waals surface area contributed by atoms with Crippen LogP contribution in [0.15, 0.2) is 24.3 Å². The van der Waals surface area contributed by atoms with Crippen molar-refractivity contribution in [3.05, 3.63) is 39.9 Å². The van der Waals surface area contributed by atoms with Crippen LogP contribution in [0.3, 0.4) is 0 Å². The minimum absolute atomic E-state index is 0.482. The molecule has 0 saturated heterocycles. The molecule has 17 heavy (non-hydrogen) atoms. The molecule has 0 fully saturated rings. The highest BCUT2D eigenvalue weighted by molar-refractivity contribution is 6.37. The number of methoxy groups -OCH3 is 1. The Morgan fingerprint density at radius 3 is 2.35 bits per heavy atom. The average Bonchev–Trinajstić information content (AvgIpc) is 2.26. The fourth-order valence-electron chi connectivity index (χ4n) is 1.73. The fraction of sp³-hybridized carbons (Fsp3) is 0.429. The maximum atomic E-state index is 6.10. The van der Waals surface area contributed by atoms with Gasteiger partial charge < -0.3 is 4.74 Å². The van der Waals surface area contributed by atoms with Gasteiger partial charge in [-0.1, -0.05) is 49.2 Å². The summed E-state index contributed by atoms with van der Waals surface area (Å²) in [5.41, 5.74) is 1.13. The quantitative estimate of drug-likeness (QED) is 0.674. The van der Waals surface area contributed by atoms with Gasteiger partial charge in [-0.2, -0.15) is 0 Å². The van der Waals surface area contributed by atoms with Crippen molar-refractivity contribution < 1.29 is 4.74 Å². The predicted octanol–water partition coefficient (Wildman–Crippen LogP) is 5.15. The zero-order valence-corrected chi connectivity index (χ0v) is 12.0. The molecule has 1 aromatic rings. The van der Waals surface area contributed by atoms with Gasteiger partial charge in [-0.3, -0.25) is 0 Å². The molecule has 0 bridgehead atoms. The van der Waals surface area contributed by atoms with Gasteiger partial charge in [0, 0.05) is 0 Å². The number of halogens is 2. The van der Waals surface area contributed by atoms with Crippen LogP contribution in [0.25, 0.3) is 0 Å². The molecular weight excluding hydrogens is 255 g/mol. The minimum atomic E-state index is 0.482. The summed E-state index contributed by atoms with van der Waals surface area (Å²) in [5.74, 6) is 1.03. The molecule has 0 aliphatic carbocycles. The number of rotatable bonds is 5. The topological polar surface area (TPSA) is 9.23 Å². The predicted molar refractivity (Wildman–Crippen MR) is 75.3 cm³/mol. The van der Waals surface area contributed by atoms with E-state index < -0.39 is 0 Å². The van der Waals surface area contributed by atoms with Crippen molar-refractivity contribution in [3.63, 3.8) is 0 Å². The molecule has 0 aliphatic heterocycles. The van der Waals surface area contributed by atoms with E-state index in [0.717, 1.165) is 18.4 Å². The maximum absolute atomic E-state index is 6.10. The minimum Gasteiger partial charge on any atom is -0.494 e. The lowest BCUT2D eigenvalue weighted by molar-refractivity contribution is 0.415. The summed E-state index contributed by atoms with van der Waals surface area (Å²) in [6.45, 7) is 4.31. The second-order valence-corrected chi connectivity index (χ2v) is 4.92. The van der Waals surface area contributed by atoms with Crippen molar-refractivity contribution in [1.82, 2.24) is 0 Å². The molecule has 94 valence electrons. The number of benzene rings is 1. The number of hydrogen-bond donors (Lipinski definition) is 0. The van der Waals surface area contributed by atoms with Crippen molar-refractivity contribution in [2.24, 2.45) is 5.92 Å². The first-order valence-electron chi connectivity index (χ1n) is 5.77. The average molecular weight is 273 g/mol. The first kappa shape index (κ1) is 14.4. The van der Waals surface area contributed by atoms with E-state index in [4.69, 9.17) is 27.9 Å². The summed E-state index contributed by atoms with van der Waals surface area (Å²) >= 11 is 12.2. The lowest BCUT2D eigenvalue weighted by Crippen LogP contribution is -1.97. The molecule has 1 aromatic carbocycles. The van der Waals surface area contributed by atoms with Crippen molar-refractivity contribution in [1.29, 1.82) is 0 Å². The lowest BCUT2D eigenvalue weighted by atomic mass is 10.0. The SMILES string of the molecule is CC/C=C\C(C)Cc1cc(Cl)c(OC)c(Cl)c1. The van der Waals surface area contributed by atoms with E-state index in [9.17, 15) is 0 Å². The molecule has 1 unspecified atom stereocenters. The Bertz CT molecular complexity index is 376. The van der Waals surface area contributed by atoms with Crippen LogP contribution in [0.5, 0.6) is 5.75 Å². The summed E-state index contributed by atoms with van der Waals surface area (Å²) in [7, 11) is 1.57. The smallest absolute Gasteiger partial charge is 0.156 e. The standard InChI is InChI=1S/C14H18Cl2O/c1-4-5-6-10(2)7-11-8-12(15)14(17-3)13(16)9-11/h5-6,8-10H,4,7H2,1-3H3/b6-5-. The molecule has 0 aromatic heterocycles. The largest absolute Gasteiger partial charge is 0.494 e. The van der Waals surface area contributed by atoms with Gasteiger partial charge in [-0.05, 0) is 36.5 Å². The van der Waals surface area contributed by atoms with Gasteiger partial charge in [0.05, 0.1) is 17.2 Å².